The van der Waals surface area contributed by atoms with Crippen LogP contribution in [0.15, 0.2) is 40.1 Å². The number of methoxy groups -OCH3 is 2. The van der Waals surface area contributed by atoms with E-state index in [4.69, 9.17) is 19.3 Å². The van der Waals surface area contributed by atoms with Gasteiger partial charge in [-0.25, -0.2) is 14.6 Å². The van der Waals surface area contributed by atoms with Gasteiger partial charge in [-0.2, -0.15) is 0 Å². The molecule has 2 amide bonds. The minimum absolute atomic E-state index is 0.0115. The zero-order chi connectivity index (χ0) is 27.3. The van der Waals surface area contributed by atoms with Gasteiger partial charge in [0.05, 0.1) is 25.6 Å². The van der Waals surface area contributed by atoms with Gasteiger partial charge in [-0.1, -0.05) is 31.0 Å². The molecule has 0 aliphatic carbocycles. The Balaban J connectivity index is 0.000000886. The standard InChI is InChI=1S/C27H33N3O3.CH4N2O/c1-7-8-10-30-25(28-26-18(3)12-17(2)13-19(26)4)16-22-21-15-24(33-6)23(32-5)14-20(21)9-11-29(22)27(30)31;2-1(3)4/h12-16H,7-11H2,1-6H3;(H4,2,3,4). The van der Waals surface area contributed by atoms with Gasteiger partial charge >= 0.3 is 11.7 Å². The van der Waals surface area contributed by atoms with Crippen LogP contribution in [0.25, 0.3) is 11.3 Å². The molecule has 9 nitrogen and oxygen atoms in total. The minimum atomic E-state index is -0.833. The minimum Gasteiger partial charge on any atom is -0.493 e. The lowest BCUT2D eigenvalue weighted by Gasteiger charge is -2.24. The van der Waals surface area contributed by atoms with Crippen molar-refractivity contribution in [2.24, 2.45) is 16.5 Å². The van der Waals surface area contributed by atoms with E-state index >= 15 is 0 Å². The SMILES string of the molecule is CCCCn1c(=Nc2c(C)cc(C)cc2C)cc2n(c1=O)CCc1cc(OC)c(OC)cc1-2.NC(N)=O. The number of carbonyl (C=O) groups excluding carboxylic acids is 1. The van der Waals surface area contributed by atoms with E-state index in [-0.39, 0.29) is 5.69 Å². The number of urea groups is 1. The molecule has 0 saturated carbocycles. The number of carbonyl (C=O) groups is 1. The number of primary amides is 2. The quantitative estimate of drug-likeness (QED) is 0.525. The van der Waals surface area contributed by atoms with Crippen LogP contribution in [-0.2, 0) is 19.5 Å². The van der Waals surface area contributed by atoms with E-state index in [1.165, 1.54) is 5.56 Å². The number of rotatable bonds is 6. The zero-order valence-electron chi connectivity index (χ0n) is 22.6. The molecule has 0 saturated heterocycles. The third kappa shape index (κ3) is 6.04. The van der Waals surface area contributed by atoms with Crippen molar-refractivity contribution in [3.05, 3.63) is 68.6 Å². The highest BCUT2D eigenvalue weighted by molar-refractivity contribution is 5.70. The average Bonchev–Trinajstić information content (AvgIpc) is 2.84. The molecular weight excluding hydrogens is 470 g/mol. The van der Waals surface area contributed by atoms with Crippen molar-refractivity contribution in [2.75, 3.05) is 14.2 Å². The number of nitrogens with two attached hydrogens (primary N) is 2. The molecule has 3 aromatic rings. The number of benzene rings is 2. The van der Waals surface area contributed by atoms with Crippen molar-refractivity contribution >= 4 is 11.7 Å². The number of hydrogen-bond acceptors (Lipinski definition) is 5. The van der Waals surface area contributed by atoms with Crippen LogP contribution in [0.4, 0.5) is 10.5 Å². The van der Waals surface area contributed by atoms with Gasteiger partial charge in [0.1, 0.15) is 5.49 Å². The number of ether oxygens (including phenoxy) is 2. The molecule has 0 fully saturated rings. The first-order valence-electron chi connectivity index (χ1n) is 12.4. The fourth-order valence-corrected chi connectivity index (χ4v) is 4.75. The molecule has 4 N–H and O–H groups in total. The lowest BCUT2D eigenvalue weighted by Crippen LogP contribution is -2.42. The molecule has 0 unspecified atom stereocenters. The second-order valence-corrected chi connectivity index (χ2v) is 9.20. The summed E-state index contributed by atoms with van der Waals surface area (Å²) in [7, 11) is 3.28. The molecule has 198 valence electrons. The van der Waals surface area contributed by atoms with E-state index in [2.05, 4.69) is 57.4 Å². The molecule has 37 heavy (non-hydrogen) atoms. The normalized spacial score (nSPS) is 12.2. The maximum atomic E-state index is 13.7. The molecule has 0 atom stereocenters. The first-order chi connectivity index (χ1) is 17.6. The summed E-state index contributed by atoms with van der Waals surface area (Å²) in [6.45, 7) is 9.66. The summed E-state index contributed by atoms with van der Waals surface area (Å²) in [5, 5.41) is 0. The highest BCUT2D eigenvalue weighted by Crippen LogP contribution is 2.37. The number of aryl methyl sites for hydroxylation is 4. The van der Waals surface area contributed by atoms with Crippen molar-refractivity contribution < 1.29 is 14.3 Å². The molecule has 0 spiro atoms. The predicted octanol–water partition coefficient (Wildman–Crippen LogP) is 3.87. The van der Waals surface area contributed by atoms with Crippen LogP contribution in [0, 0.1) is 20.8 Å². The highest BCUT2D eigenvalue weighted by Gasteiger charge is 2.22. The lowest BCUT2D eigenvalue weighted by atomic mass is 9.97. The Morgan fingerprint density at radius 2 is 1.59 bits per heavy atom. The van der Waals surface area contributed by atoms with E-state index in [1.807, 2.05) is 21.3 Å². The van der Waals surface area contributed by atoms with E-state index in [1.54, 1.807) is 14.2 Å². The van der Waals surface area contributed by atoms with Crippen molar-refractivity contribution in [1.29, 1.82) is 0 Å². The molecule has 9 heteroatoms. The van der Waals surface area contributed by atoms with Gasteiger partial charge in [0, 0.05) is 24.7 Å². The van der Waals surface area contributed by atoms with Gasteiger partial charge in [-0.3, -0.25) is 9.13 Å². The number of fused-ring (bicyclic) bond motifs is 3. The van der Waals surface area contributed by atoms with Gasteiger partial charge in [0.2, 0.25) is 0 Å². The van der Waals surface area contributed by atoms with E-state index in [0.717, 1.165) is 52.9 Å². The second-order valence-electron chi connectivity index (χ2n) is 9.20. The predicted molar refractivity (Wildman–Crippen MR) is 145 cm³/mol. The summed E-state index contributed by atoms with van der Waals surface area (Å²) in [5.74, 6) is 1.36. The summed E-state index contributed by atoms with van der Waals surface area (Å²) in [5.41, 5.74) is 16.6. The summed E-state index contributed by atoms with van der Waals surface area (Å²) in [6.07, 6.45) is 2.70. The van der Waals surface area contributed by atoms with Crippen molar-refractivity contribution in [2.45, 2.75) is 60.0 Å². The van der Waals surface area contributed by atoms with Crippen LogP contribution < -0.4 is 32.1 Å². The number of nitrogens with zero attached hydrogens (tertiary/aromatic N) is 3. The third-order valence-electron chi connectivity index (χ3n) is 6.38. The fraction of sp³-hybridized carbons (Fsp3) is 0.393. The first kappa shape index (κ1) is 27.6. The Kier molecular flexibility index (Phi) is 8.81. The van der Waals surface area contributed by atoms with Crippen LogP contribution in [0.1, 0.15) is 42.0 Å². The number of unbranched alkanes of at least 4 members (excludes halogenated alkanes) is 1. The van der Waals surface area contributed by atoms with Crippen LogP contribution in [0.3, 0.4) is 0 Å². The highest BCUT2D eigenvalue weighted by atomic mass is 16.5. The topological polar surface area (TPSA) is 127 Å². The van der Waals surface area contributed by atoms with Gasteiger partial charge in [0.25, 0.3) is 0 Å². The number of aromatic nitrogens is 2. The third-order valence-corrected chi connectivity index (χ3v) is 6.38. The van der Waals surface area contributed by atoms with Gasteiger partial charge in [-0.15, -0.1) is 0 Å². The molecule has 0 radical (unpaired) electrons. The average molecular weight is 508 g/mol. The number of amides is 2. The van der Waals surface area contributed by atoms with Gasteiger partial charge in [0.15, 0.2) is 11.5 Å². The summed E-state index contributed by atoms with van der Waals surface area (Å²) < 4.78 is 14.8. The Morgan fingerprint density at radius 3 is 2.16 bits per heavy atom. The Bertz CT molecular complexity index is 1410. The van der Waals surface area contributed by atoms with Crippen molar-refractivity contribution in [1.82, 2.24) is 9.13 Å². The maximum Gasteiger partial charge on any atom is 0.330 e. The smallest absolute Gasteiger partial charge is 0.330 e. The van der Waals surface area contributed by atoms with Gasteiger partial charge < -0.3 is 20.9 Å². The second kappa shape index (κ2) is 11.8. The van der Waals surface area contributed by atoms with Crippen molar-refractivity contribution in [3.63, 3.8) is 0 Å². The zero-order valence-corrected chi connectivity index (χ0v) is 22.6. The molecule has 1 aromatic heterocycles. The Morgan fingerprint density at radius 1 is 1.00 bits per heavy atom. The summed E-state index contributed by atoms with van der Waals surface area (Å²) >= 11 is 0. The largest absolute Gasteiger partial charge is 0.493 e. The molecule has 0 bridgehead atoms. The molecule has 4 rings (SSSR count). The summed E-state index contributed by atoms with van der Waals surface area (Å²) in [6, 6.07) is 9.49. The van der Waals surface area contributed by atoms with Gasteiger partial charge in [-0.05, 0) is 62.4 Å². The lowest BCUT2D eigenvalue weighted by molar-refractivity contribution is 0.256. The van der Waals surface area contributed by atoms with Crippen LogP contribution in [0.5, 0.6) is 11.5 Å². The molecule has 1 aliphatic rings. The van der Waals surface area contributed by atoms with Crippen LogP contribution >= 0.6 is 0 Å². The Labute approximate surface area is 217 Å². The van der Waals surface area contributed by atoms with E-state index < -0.39 is 6.03 Å². The van der Waals surface area contributed by atoms with E-state index in [9.17, 15) is 4.79 Å². The molecular formula is C28H37N5O4. The fourth-order valence-electron chi connectivity index (χ4n) is 4.75. The molecule has 1 aliphatic heterocycles. The van der Waals surface area contributed by atoms with E-state index in [0.29, 0.717) is 30.1 Å². The molecule has 2 aromatic carbocycles. The maximum absolute atomic E-state index is 13.7. The summed E-state index contributed by atoms with van der Waals surface area (Å²) in [4.78, 5) is 27.7. The number of hydrogen-bond donors (Lipinski definition) is 2. The Hall–Kier alpha value is -4.01. The molecule has 2 heterocycles. The van der Waals surface area contributed by atoms with Crippen LogP contribution in [0.2, 0.25) is 0 Å². The monoisotopic (exact) mass is 507 g/mol. The van der Waals surface area contributed by atoms with Crippen molar-refractivity contribution in [3.8, 4) is 22.8 Å². The van der Waals surface area contributed by atoms with Crippen LogP contribution in [-0.4, -0.2) is 29.4 Å². The first-order valence-corrected chi connectivity index (χ1v) is 12.4.